The molecule has 2 fully saturated rings. The van der Waals surface area contributed by atoms with Gasteiger partial charge in [-0.1, -0.05) is 38.8 Å². The van der Waals surface area contributed by atoms with Crippen molar-refractivity contribution in [2.24, 2.45) is 0 Å². The maximum Gasteiger partial charge on any atom is 0.335 e. The molecule has 0 unspecified atom stereocenters. The number of piperidine rings is 1. The first-order chi connectivity index (χ1) is 19.0. The van der Waals surface area contributed by atoms with Gasteiger partial charge in [-0.2, -0.15) is 0 Å². The number of ether oxygens (including phenoxy) is 2. The number of rotatable bonds is 7. The number of para-hydroxylation sites is 1. The van der Waals surface area contributed by atoms with Crippen molar-refractivity contribution in [2.75, 3.05) is 46.9 Å². The summed E-state index contributed by atoms with van der Waals surface area (Å²) < 4.78 is 15.1. The number of likely N-dealkylation sites (N-methyl/N-ethyl adjacent to an activating group) is 1. The van der Waals surface area contributed by atoms with Gasteiger partial charge in [0.15, 0.2) is 11.5 Å². The minimum absolute atomic E-state index is 0. The number of nitrogens with zero attached hydrogens (tertiary/aromatic N) is 3. The molecule has 216 valence electrons. The SMILES string of the molecule is C.CN1CCC(N(C)CCOc2cccc3c2OCCn2c-3c(C3CCCCC3)c3ccc(C(=O)O)cc32)CC1. The lowest BCUT2D eigenvalue weighted by molar-refractivity contribution is 0.0697. The minimum Gasteiger partial charge on any atom is -0.488 e. The van der Waals surface area contributed by atoms with Crippen LogP contribution in [0, 0.1) is 0 Å². The molecule has 1 saturated carbocycles. The van der Waals surface area contributed by atoms with Crippen molar-refractivity contribution in [2.45, 2.75) is 70.9 Å². The summed E-state index contributed by atoms with van der Waals surface area (Å²) in [5.74, 6) is 1.19. The largest absolute Gasteiger partial charge is 0.488 e. The molecule has 3 aliphatic rings. The highest BCUT2D eigenvalue weighted by molar-refractivity contribution is 5.99. The van der Waals surface area contributed by atoms with Crippen molar-refractivity contribution in [3.63, 3.8) is 0 Å². The van der Waals surface area contributed by atoms with Gasteiger partial charge in [0, 0.05) is 29.1 Å². The van der Waals surface area contributed by atoms with E-state index in [-0.39, 0.29) is 7.43 Å². The molecule has 0 atom stereocenters. The van der Waals surface area contributed by atoms with Crippen LogP contribution in [0.25, 0.3) is 22.2 Å². The summed E-state index contributed by atoms with van der Waals surface area (Å²) in [4.78, 5) is 16.7. The number of carbonyl (C=O) groups is 1. The minimum atomic E-state index is -0.891. The number of carboxylic acid groups (broad SMARTS) is 1. The number of hydrogen-bond donors (Lipinski definition) is 1. The summed E-state index contributed by atoms with van der Waals surface area (Å²) in [6.45, 7) is 4.99. The zero-order valence-electron chi connectivity index (χ0n) is 23.3. The number of carboxylic acids is 1. The molecule has 0 bridgehead atoms. The maximum atomic E-state index is 11.8. The average molecular weight is 548 g/mol. The topological polar surface area (TPSA) is 67.2 Å². The Hall–Kier alpha value is -3.03. The maximum absolute atomic E-state index is 11.8. The number of aromatic nitrogens is 1. The van der Waals surface area contributed by atoms with Gasteiger partial charge < -0.3 is 24.0 Å². The van der Waals surface area contributed by atoms with E-state index >= 15 is 0 Å². The fraction of sp³-hybridized carbons (Fsp3) is 0.545. The van der Waals surface area contributed by atoms with Gasteiger partial charge in [0.1, 0.15) is 13.2 Å². The highest BCUT2D eigenvalue weighted by Gasteiger charge is 2.31. The van der Waals surface area contributed by atoms with Gasteiger partial charge in [-0.15, -0.1) is 0 Å². The molecule has 1 aromatic heterocycles. The zero-order valence-corrected chi connectivity index (χ0v) is 23.3. The summed E-state index contributed by atoms with van der Waals surface area (Å²) in [7, 11) is 4.41. The van der Waals surface area contributed by atoms with Crippen molar-refractivity contribution < 1.29 is 19.4 Å². The van der Waals surface area contributed by atoms with Crippen LogP contribution in [0.3, 0.4) is 0 Å². The molecule has 2 aromatic carbocycles. The molecule has 3 heterocycles. The second-order valence-electron chi connectivity index (χ2n) is 11.6. The van der Waals surface area contributed by atoms with Gasteiger partial charge >= 0.3 is 5.97 Å². The Morgan fingerprint density at radius 1 is 1.07 bits per heavy atom. The Morgan fingerprint density at radius 3 is 2.60 bits per heavy atom. The van der Waals surface area contributed by atoms with E-state index in [4.69, 9.17) is 9.47 Å². The number of fused-ring (bicyclic) bond motifs is 5. The van der Waals surface area contributed by atoms with Crippen LogP contribution in [0.15, 0.2) is 36.4 Å². The van der Waals surface area contributed by atoms with Gasteiger partial charge in [0.05, 0.1) is 17.8 Å². The normalized spacial score (nSPS) is 18.5. The molecule has 0 spiro atoms. The van der Waals surface area contributed by atoms with E-state index in [9.17, 15) is 9.90 Å². The van der Waals surface area contributed by atoms with Crippen LogP contribution >= 0.6 is 0 Å². The molecular formula is C33H45N3O4. The van der Waals surface area contributed by atoms with Crippen LogP contribution < -0.4 is 9.47 Å². The van der Waals surface area contributed by atoms with Gasteiger partial charge in [0.2, 0.25) is 0 Å². The Morgan fingerprint density at radius 2 is 1.85 bits per heavy atom. The van der Waals surface area contributed by atoms with Gasteiger partial charge in [-0.3, -0.25) is 4.90 Å². The molecule has 7 nitrogen and oxygen atoms in total. The molecule has 0 amide bonds. The standard InChI is InChI=1S/C32H41N3O4.CH4/c1-33-15-13-24(14-16-33)34(2)17-19-38-28-10-6-9-26-30-29(22-7-4-3-5-8-22)25-12-11-23(32(36)37)21-27(25)35(30)18-20-39-31(26)28;/h6,9-12,21-22,24H,3-5,7-8,13-20H2,1-2H3,(H,36,37);1H4. The molecule has 2 aliphatic heterocycles. The van der Waals surface area contributed by atoms with Gasteiger partial charge in [-0.25, -0.2) is 4.79 Å². The molecule has 1 N–H and O–H groups in total. The van der Waals surface area contributed by atoms with E-state index in [0.717, 1.165) is 42.2 Å². The van der Waals surface area contributed by atoms with E-state index in [1.165, 1.54) is 61.6 Å². The Kier molecular flexibility index (Phi) is 8.71. The van der Waals surface area contributed by atoms with Gasteiger partial charge in [-0.05, 0) is 88.6 Å². The third-order valence-corrected chi connectivity index (χ3v) is 9.17. The Bertz CT molecular complexity index is 1340. The molecule has 7 heteroatoms. The molecule has 1 aliphatic carbocycles. The Balaban J connectivity index is 0.00000323. The molecular weight excluding hydrogens is 502 g/mol. The zero-order chi connectivity index (χ0) is 26.9. The Labute approximate surface area is 238 Å². The van der Waals surface area contributed by atoms with Crippen molar-refractivity contribution in [3.05, 3.63) is 47.5 Å². The van der Waals surface area contributed by atoms with Crippen LogP contribution in [0.1, 0.15) is 74.2 Å². The fourth-order valence-electron chi connectivity index (χ4n) is 6.96. The number of likely N-dealkylation sites (tertiary alicyclic amines) is 1. The number of aromatic carboxylic acids is 1. The lowest BCUT2D eigenvalue weighted by Gasteiger charge is -2.35. The fourth-order valence-corrected chi connectivity index (χ4v) is 6.96. The van der Waals surface area contributed by atoms with Crippen molar-refractivity contribution in [1.82, 2.24) is 14.4 Å². The molecule has 1 saturated heterocycles. The third-order valence-electron chi connectivity index (χ3n) is 9.17. The van der Waals surface area contributed by atoms with E-state index in [2.05, 4.69) is 40.6 Å². The summed E-state index contributed by atoms with van der Waals surface area (Å²) in [6.07, 6.45) is 8.51. The van der Waals surface area contributed by atoms with E-state index in [0.29, 0.717) is 37.3 Å². The second-order valence-corrected chi connectivity index (χ2v) is 11.6. The number of benzene rings is 2. The highest BCUT2D eigenvalue weighted by Crippen LogP contribution is 2.49. The first-order valence-electron chi connectivity index (χ1n) is 14.7. The van der Waals surface area contributed by atoms with E-state index in [1.807, 2.05) is 18.2 Å². The van der Waals surface area contributed by atoms with Gasteiger partial charge in [0.25, 0.3) is 0 Å². The van der Waals surface area contributed by atoms with Crippen LogP contribution in [0.2, 0.25) is 0 Å². The number of hydrogen-bond acceptors (Lipinski definition) is 5. The smallest absolute Gasteiger partial charge is 0.335 e. The van der Waals surface area contributed by atoms with E-state index < -0.39 is 5.97 Å². The first-order valence-corrected chi connectivity index (χ1v) is 14.7. The van der Waals surface area contributed by atoms with Crippen molar-refractivity contribution in [3.8, 4) is 22.8 Å². The highest BCUT2D eigenvalue weighted by atomic mass is 16.5. The third kappa shape index (κ3) is 5.46. The molecule has 6 rings (SSSR count). The molecule has 40 heavy (non-hydrogen) atoms. The lowest BCUT2D eigenvalue weighted by atomic mass is 9.81. The monoisotopic (exact) mass is 547 g/mol. The van der Waals surface area contributed by atoms with Crippen LogP contribution in [0.4, 0.5) is 0 Å². The van der Waals surface area contributed by atoms with Crippen LogP contribution in [0.5, 0.6) is 11.5 Å². The molecule has 3 aromatic rings. The summed E-state index contributed by atoms with van der Waals surface area (Å²) in [6, 6.07) is 12.5. The summed E-state index contributed by atoms with van der Waals surface area (Å²) in [5, 5.41) is 10.9. The second kappa shape index (κ2) is 12.2. The predicted molar refractivity (Wildman–Crippen MR) is 161 cm³/mol. The van der Waals surface area contributed by atoms with Crippen LogP contribution in [-0.2, 0) is 6.54 Å². The average Bonchev–Trinajstić information content (AvgIpc) is 3.14. The van der Waals surface area contributed by atoms with Crippen molar-refractivity contribution in [1.29, 1.82) is 0 Å². The van der Waals surface area contributed by atoms with E-state index in [1.54, 1.807) is 6.07 Å². The summed E-state index contributed by atoms with van der Waals surface area (Å²) in [5.41, 5.74) is 4.91. The first kappa shape index (κ1) is 28.5. The van der Waals surface area contributed by atoms with Crippen LogP contribution in [-0.4, -0.2) is 78.4 Å². The summed E-state index contributed by atoms with van der Waals surface area (Å²) >= 11 is 0. The molecule has 0 radical (unpaired) electrons. The quantitative estimate of drug-likeness (QED) is 0.365. The van der Waals surface area contributed by atoms with Crippen molar-refractivity contribution >= 4 is 16.9 Å². The lowest BCUT2D eigenvalue weighted by Crippen LogP contribution is -2.43. The predicted octanol–water partition coefficient (Wildman–Crippen LogP) is 6.49.